The van der Waals surface area contributed by atoms with Gasteiger partial charge in [0.05, 0.1) is 19.3 Å². The molecule has 0 spiro atoms. The number of morpholine rings is 1. The normalized spacial score (nSPS) is 19.5. The fourth-order valence-corrected chi connectivity index (χ4v) is 2.88. The minimum atomic E-state index is -1.14. The number of benzene rings is 1. The minimum Gasteiger partial charge on any atom is -0.394 e. The Labute approximate surface area is 139 Å². The Hall–Kier alpha value is -2.38. The largest absolute Gasteiger partial charge is 0.394 e. The molecule has 2 atom stereocenters. The Bertz CT molecular complexity index is 742. The van der Waals surface area contributed by atoms with Gasteiger partial charge in [-0.25, -0.2) is 0 Å². The second-order valence-electron chi connectivity index (χ2n) is 5.96. The molecule has 7 nitrogen and oxygen atoms in total. The highest BCUT2D eigenvalue weighted by molar-refractivity contribution is 6.03. The van der Waals surface area contributed by atoms with E-state index in [4.69, 9.17) is 4.74 Å². The number of aromatic amines is 1. The molecular formula is C17H21N3O4. The molecule has 1 aromatic heterocycles. The predicted molar refractivity (Wildman–Crippen MR) is 88.4 cm³/mol. The number of aromatic nitrogens is 1. The van der Waals surface area contributed by atoms with Gasteiger partial charge in [-0.2, -0.15) is 0 Å². The summed E-state index contributed by atoms with van der Waals surface area (Å²) < 4.78 is 5.28. The molecule has 0 bridgehead atoms. The van der Waals surface area contributed by atoms with Gasteiger partial charge < -0.3 is 25.0 Å². The summed E-state index contributed by atoms with van der Waals surface area (Å²) in [7, 11) is 1.64. The number of ether oxygens (including phenoxy) is 1. The van der Waals surface area contributed by atoms with Gasteiger partial charge in [-0.1, -0.05) is 18.2 Å². The monoisotopic (exact) mass is 331 g/mol. The molecule has 24 heavy (non-hydrogen) atoms. The highest BCUT2D eigenvalue weighted by Gasteiger charge is 2.34. The second-order valence-corrected chi connectivity index (χ2v) is 5.96. The van der Waals surface area contributed by atoms with Crippen LogP contribution in [0.2, 0.25) is 0 Å². The van der Waals surface area contributed by atoms with E-state index in [1.165, 1.54) is 4.90 Å². The van der Waals surface area contributed by atoms with Crippen molar-refractivity contribution in [3.63, 3.8) is 0 Å². The van der Waals surface area contributed by atoms with Gasteiger partial charge in [-0.3, -0.25) is 9.59 Å². The third kappa shape index (κ3) is 3.27. The Kier molecular flexibility index (Phi) is 4.82. The number of fused-ring (bicyclic) bond motifs is 1. The highest BCUT2D eigenvalue weighted by atomic mass is 16.5. The highest BCUT2D eigenvalue weighted by Crippen LogP contribution is 2.19. The van der Waals surface area contributed by atoms with Gasteiger partial charge in [0.2, 0.25) is 6.10 Å². The summed E-state index contributed by atoms with van der Waals surface area (Å²) in [6.45, 7) is 0.579. The lowest BCUT2D eigenvalue weighted by molar-refractivity contribution is -0.159. The summed E-state index contributed by atoms with van der Waals surface area (Å²) in [6.07, 6.45) is 1.19. The molecule has 2 heterocycles. The number of carbonyl (C=O) groups excluding carboxylic acids is 2. The van der Waals surface area contributed by atoms with Crippen molar-refractivity contribution in [1.29, 1.82) is 0 Å². The van der Waals surface area contributed by atoms with Crippen LogP contribution in [0.4, 0.5) is 0 Å². The Balaban J connectivity index is 1.68. The van der Waals surface area contributed by atoms with E-state index in [1.807, 2.05) is 30.5 Å². The van der Waals surface area contributed by atoms with Gasteiger partial charge >= 0.3 is 0 Å². The van der Waals surface area contributed by atoms with E-state index < -0.39 is 18.1 Å². The van der Waals surface area contributed by atoms with Crippen LogP contribution < -0.4 is 5.32 Å². The van der Waals surface area contributed by atoms with Crippen LogP contribution in [0.1, 0.15) is 5.56 Å². The van der Waals surface area contributed by atoms with Crippen molar-refractivity contribution < 1.29 is 19.4 Å². The fraction of sp³-hybridized carbons (Fsp3) is 0.412. The van der Waals surface area contributed by atoms with E-state index in [-0.39, 0.29) is 12.5 Å². The lowest BCUT2D eigenvalue weighted by atomic mass is 10.0. The fourth-order valence-electron chi connectivity index (χ4n) is 2.88. The van der Waals surface area contributed by atoms with Gasteiger partial charge in [-0.15, -0.1) is 0 Å². The van der Waals surface area contributed by atoms with Crippen molar-refractivity contribution in [3.05, 3.63) is 36.0 Å². The molecule has 0 radical (unpaired) electrons. The number of aliphatic hydroxyl groups is 1. The van der Waals surface area contributed by atoms with E-state index in [9.17, 15) is 14.7 Å². The average molecular weight is 331 g/mol. The molecule has 1 fully saturated rings. The maximum absolute atomic E-state index is 12.3. The molecule has 1 saturated heterocycles. The van der Waals surface area contributed by atoms with Crippen LogP contribution >= 0.6 is 0 Å². The van der Waals surface area contributed by atoms with Gasteiger partial charge in [0.15, 0.2) is 0 Å². The van der Waals surface area contributed by atoms with Crippen LogP contribution in [-0.4, -0.2) is 65.8 Å². The number of nitrogens with one attached hydrogen (secondary N) is 2. The number of amides is 2. The molecular weight excluding hydrogens is 310 g/mol. The minimum absolute atomic E-state index is 0.220. The Morgan fingerprint density at radius 1 is 1.50 bits per heavy atom. The molecule has 7 heteroatoms. The van der Waals surface area contributed by atoms with Crippen LogP contribution in [-0.2, 0) is 20.7 Å². The van der Waals surface area contributed by atoms with Crippen molar-refractivity contribution >= 4 is 22.7 Å². The number of aliphatic hydroxyl groups excluding tert-OH is 1. The molecule has 2 amide bonds. The first-order valence-corrected chi connectivity index (χ1v) is 7.93. The zero-order valence-electron chi connectivity index (χ0n) is 13.5. The first-order valence-electron chi connectivity index (χ1n) is 7.93. The summed E-state index contributed by atoms with van der Waals surface area (Å²) in [6, 6.07) is 7.35. The lowest BCUT2D eigenvalue weighted by Gasteiger charge is -2.29. The topological polar surface area (TPSA) is 94.7 Å². The molecule has 3 N–H and O–H groups in total. The van der Waals surface area contributed by atoms with E-state index in [0.29, 0.717) is 19.6 Å². The number of para-hydroxylation sites is 1. The van der Waals surface area contributed by atoms with Crippen molar-refractivity contribution in [2.45, 2.75) is 18.6 Å². The lowest BCUT2D eigenvalue weighted by Crippen LogP contribution is -2.55. The maximum atomic E-state index is 12.3. The summed E-state index contributed by atoms with van der Waals surface area (Å²) in [5.41, 5.74) is 2.00. The van der Waals surface area contributed by atoms with Crippen molar-refractivity contribution in [3.8, 4) is 0 Å². The third-order valence-electron chi connectivity index (χ3n) is 4.26. The number of carbonyl (C=O) groups is 2. The van der Waals surface area contributed by atoms with E-state index in [2.05, 4.69) is 10.3 Å². The molecule has 3 rings (SSSR count). The quantitative estimate of drug-likeness (QED) is 0.675. The molecule has 128 valence electrons. The smallest absolute Gasteiger partial charge is 0.261 e. The van der Waals surface area contributed by atoms with Gasteiger partial charge in [-0.05, 0) is 18.1 Å². The molecule has 2 aromatic rings. The molecule has 1 aromatic carbocycles. The Morgan fingerprint density at radius 2 is 2.29 bits per heavy atom. The average Bonchev–Trinajstić information content (AvgIpc) is 2.99. The van der Waals surface area contributed by atoms with Crippen LogP contribution in [0.25, 0.3) is 10.9 Å². The van der Waals surface area contributed by atoms with Crippen LogP contribution in [0, 0.1) is 0 Å². The molecule has 0 aliphatic carbocycles. The molecule has 0 saturated carbocycles. The van der Waals surface area contributed by atoms with Gasteiger partial charge in [0.1, 0.15) is 0 Å². The SMILES string of the molecule is CN1CCOC(C(=O)NC(CO)Cc2c[nH]c3ccccc23)C1=O. The number of rotatable bonds is 5. The predicted octanol–water partition coefficient (Wildman–Crippen LogP) is 0.0447. The zero-order valence-corrected chi connectivity index (χ0v) is 13.5. The van der Waals surface area contributed by atoms with Gasteiger partial charge in [0, 0.05) is 30.7 Å². The van der Waals surface area contributed by atoms with E-state index in [0.717, 1.165) is 16.5 Å². The van der Waals surface area contributed by atoms with Crippen molar-refractivity contribution in [2.75, 3.05) is 26.8 Å². The number of nitrogens with zero attached hydrogens (tertiary/aromatic N) is 1. The maximum Gasteiger partial charge on any atom is 0.261 e. The second kappa shape index (κ2) is 7.02. The summed E-state index contributed by atoms with van der Waals surface area (Å²) in [5.74, 6) is -0.868. The number of hydrogen-bond donors (Lipinski definition) is 3. The molecule has 1 aliphatic rings. The Morgan fingerprint density at radius 3 is 3.08 bits per heavy atom. The standard InChI is InChI=1S/C17H21N3O4/c1-20-6-7-24-15(17(20)23)16(22)19-12(10-21)8-11-9-18-14-5-3-2-4-13(11)14/h2-5,9,12,15,18,21H,6-8,10H2,1H3,(H,19,22). The van der Waals surface area contributed by atoms with Crippen LogP contribution in [0.15, 0.2) is 30.5 Å². The van der Waals surface area contributed by atoms with Gasteiger partial charge in [0.25, 0.3) is 11.8 Å². The number of likely N-dealkylation sites (N-methyl/N-ethyl adjacent to an activating group) is 1. The van der Waals surface area contributed by atoms with E-state index in [1.54, 1.807) is 7.05 Å². The zero-order chi connectivity index (χ0) is 17.1. The number of H-pyrrole nitrogens is 1. The van der Waals surface area contributed by atoms with Crippen molar-refractivity contribution in [1.82, 2.24) is 15.2 Å². The number of hydrogen-bond acceptors (Lipinski definition) is 4. The first-order chi connectivity index (χ1) is 11.6. The van der Waals surface area contributed by atoms with Crippen LogP contribution in [0.3, 0.4) is 0 Å². The third-order valence-corrected chi connectivity index (χ3v) is 4.26. The molecule has 1 aliphatic heterocycles. The van der Waals surface area contributed by atoms with Crippen LogP contribution in [0.5, 0.6) is 0 Å². The summed E-state index contributed by atoms with van der Waals surface area (Å²) >= 11 is 0. The summed E-state index contributed by atoms with van der Waals surface area (Å²) in [4.78, 5) is 29.0. The first kappa shape index (κ1) is 16.5. The van der Waals surface area contributed by atoms with Crippen molar-refractivity contribution in [2.24, 2.45) is 0 Å². The molecule has 2 unspecified atom stereocenters. The summed E-state index contributed by atoms with van der Waals surface area (Å²) in [5, 5.41) is 13.4. The van der Waals surface area contributed by atoms with E-state index >= 15 is 0 Å².